The van der Waals surface area contributed by atoms with Gasteiger partial charge >= 0.3 is 5.97 Å². The lowest BCUT2D eigenvalue weighted by Crippen LogP contribution is -2.08. The fraction of sp³-hybridized carbons (Fsp3) is 0.158. The Hall–Kier alpha value is -2.88. The summed E-state index contributed by atoms with van der Waals surface area (Å²) in [6.07, 6.45) is 0. The van der Waals surface area contributed by atoms with Crippen molar-refractivity contribution in [2.24, 2.45) is 0 Å². The number of carbonyl (C=O) groups is 1. The highest BCUT2D eigenvalue weighted by Gasteiger charge is 2.10. The fourth-order valence-electron chi connectivity index (χ4n) is 2.62. The molecule has 0 unspecified atom stereocenters. The first-order valence-electron chi connectivity index (χ1n) is 7.45. The maximum Gasteiger partial charge on any atom is 0.339 e. The number of hydrogen-bond acceptors (Lipinski definition) is 4. The average molecular weight is 306 g/mol. The molecule has 0 saturated heterocycles. The first kappa shape index (κ1) is 15.0. The number of hydrogen-bond donors (Lipinski definition) is 1. The van der Waals surface area contributed by atoms with Crippen molar-refractivity contribution in [2.45, 2.75) is 13.5 Å². The maximum absolute atomic E-state index is 11.6. The summed E-state index contributed by atoms with van der Waals surface area (Å²) in [7, 11) is 1.37. The SMILES string of the molecule is COC(=O)c1ccc(NCc2cccc3ccccc23)nc1C. The number of nitrogens with one attached hydrogen (secondary N) is 1. The molecule has 1 N–H and O–H groups in total. The number of carbonyl (C=O) groups excluding carboxylic acids is 1. The van der Waals surface area contributed by atoms with Crippen molar-refractivity contribution < 1.29 is 9.53 Å². The molecular weight excluding hydrogens is 288 g/mol. The van der Waals surface area contributed by atoms with E-state index in [4.69, 9.17) is 4.74 Å². The monoisotopic (exact) mass is 306 g/mol. The molecule has 1 aromatic heterocycles. The maximum atomic E-state index is 11.6. The molecule has 0 bridgehead atoms. The van der Waals surface area contributed by atoms with E-state index in [9.17, 15) is 4.79 Å². The lowest BCUT2D eigenvalue weighted by atomic mass is 10.0. The Labute approximate surface area is 135 Å². The second kappa shape index (κ2) is 6.48. The second-order valence-electron chi connectivity index (χ2n) is 5.31. The Morgan fingerprint density at radius 1 is 1.09 bits per heavy atom. The molecule has 4 nitrogen and oxygen atoms in total. The summed E-state index contributed by atoms with van der Waals surface area (Å²) in [4.78, 5) is 16.0. The number of nitrogens with zero attached hydrogens (tertiary/aromatic N) is 1. The highest BCUT2D eigenvalue weighted by atomic mass is 16.5. The van der Waals surface area contributed by atoms with Crippen LogP contribution in [0.2, 0.25) is 0 Å². The topological polar surface area (TPSA) is 51.2 Å². The Morgan fingerprint density at radius 3 is 2.65 bits per heavy atom. The summed E-state index contributed by atoms with van der Waals surface area (Å²) in [5.41, 5.74) is 2.35. The number of ether oxygens (including phenoxy) is 1. The summed E-state index contributed by atoms with van der Waals surface area (Å²) in [5.74, 6) is 0.374. The number of pyridine rings is 1. The van der Waals surface area contributed by atoms with E-state index in [0.717, 1.165) is 5.82 Å². The third-order valence-corrected chi connectivity index (χ3v) is 3.83. The molecule has 23 heavy (non-hydrogen) atoms. The van der Waals surface area contributed by atoms with Crippen molar-refractivity contribution in [3.63, 3.8) is 0 Å². The molecule has 0 aliphatic carbocycles. The van der Waals surface area contributed by atoms with Crippen molar-refractivity contribution in [2.75, 3.05) is 12.4 Å². The Morgan fingerprint density at radius 2 is 1.87 bits per heavy atom. The van der Waals surface area contributed by atoms with Gasteiger partial charge in [-0.2, -0.15) is 0 Å². The number of rotatable bonds is 4. The molecule has 0 aliphatic rings. The molecule has 0 radical (unpaired) electrons. The van der Waals surface area contributed by atoms with Crippen LogP contribution in [0.15, 0.2) is 54.6 Å². The van der Waals surface area contributed by atoms with Gasteiger partial charge in [0.05, 0.1) is 18.4 Å². The number of methoxy groups -OCH3 is 1. The largest absolute Gasteiger partial charge is 0.465 e. The lowest BCUT2D eigenvalue weighted by molar-refractivity contribution is 0.0599. The molecule has 3 rings (SSSR count). The number of anilines is 1. The van der Waals surface area contributed by atoms with Crippen molar-refractivity contribution >= 4 is 22.6 Å². The molecule has 4 heteroatoms. The van der Waals surface area contributed by atoms with Gasteiger partial charge in [-0.3, -0.25) is 0 Å². The second-order valence-corrected chi connectivity index (χ2v) is 5.31. The molecule has 0 amide bonds. The Balaban J connectivity index is 1.80. The van der Waals surface area contributed by atoms with Crippen LogP contribution in [0.5, 0.6) is 0 Å². The van der Waals surface area contributed by atoms with Gasteiger partial charge in [0.1, 0.15) is 5.82 Å². The first-order chi connectivity index (χ1) is 11.2. The van der Waals surface area contributed by atoms with E-state index in [2.05, 4.69) is 40.6 Å². The summed E-state index contributed by atoms with van der Waals surface area (Å²) < 4.78 is 4.74. The van der Waals surface area contributed by atoms with Crippen LogP contribution in [0.25, 0.3) is 10.8 Å². The van der Waals surface area contributed by atoms with Crippen LogP contribution >= 0.6 is 0 Å². The highest BCUT2D eigenvalue weighted by Crippen LogP contribution is 2.20. The van der Waals surface area contributed by atoms with E-state index >= 15 is 0 Å². The summed E-state index contributed by atoms with van der Waals surface area (Å²) in [6, 6.07) is 18.1. The highest BCUT2D eigenvalue weighted by molar-refractivity contribution is 5.90. The minimum absolute atomic E-state index is 0.365. The Bertz CT molecular complexity index is 854. The molecule has 0 atom stereocenters. The predicted molar refractivity (Wildman–Crippen MR) is 91.6 cm³/mol. The van der Waals surface area contributed by atoms with E-state index in [0.29, 0.717) is 17.8 Å². The van der Waals surface area contributed by atoms with Crippen molar-refractivity contribution in [1.29, 1.82) is 0 Å². The molecule has 0 aliphatic heterocycles. The van der Waals surface area contributed by atoms with Crippen LogP contribution in [0.3, 0.4) is 0 Å². The van der Waals surface area contributed by atoms with Crippen LogP contribution in [0, 0.1) is 6.92 Å². The third kappa shape index (κ3) is 3.16. The zero-order chi connectivity index (χ0) is 16.2. The standard InChI is InChI=1S/C19H18N2O2/c1-13-16(19(22)23-2)10-11-18(21-13)20-12-15-8-5-7-14-6-3-4-9-17(14)15/h3-11H,12H2,1-2H3,(H,20,21). The van der Waals surface area contributed by atoms with E-state index in [1.165, 1.54) is 23.4 Å². The van der Waals surface area contributed by atoms with Gasteiger partial charge in [-0.1, -0.05) is 42.5 Å². The molecule has 0 saturated carbocycles. The predicted octanol–water partition coefficient (Wildman–Crippen LogP) is 3.94. The lowest BCUT2D eigenvalue weighted by Gasteiger charge is -2.10. The average Bonchev–Trinajstić information content (AvgIpc) is 2.59. The minimum Gasteiger partial charge on any atom is -0.465 e. The normalized spacial score (nSPS) is 10.5. The van der Waals surface area contributed by atoms with Gasteiger partial charge in [0.25, 0.3) is 0 Å². The smallest absolute Gasteiger partial charge is 0.339 e. The van der Waals surface area contributed by atoms with Gasteiger partial charge in [0.15, 0.2) is 0 Å². The molecule has 0 fully saturated rings. The molecule has 1 heterocycles. The van der Waals surface area contributed by atoms with Gasteiger partial charge in [0.2, 0.25) is 0 Å². The molecule has 2 aromatic carbocycles. The van der Waals surface area contributed by atoms with Crippen LogP contribution in [0.1, 0.15) is 21.6 Å². The van der Waals surface area contributed by atoms with Crippen LogP contribution in [-0.2, 0) is 11.3 Å². The van der Waals surface area contributed by atoms with Crippen molar-refractivity contribution in [1.82, 2.24) is 4.98 Å². The van der Waals surface area contributed by atoms with E-state index in [1.807, 2.05) is 12.1 Å². The molecule has 116 valence electrons. The first-order valence-corrected chi connectivity index (χ1v) is 7.45. The molecular formula is C19H18N2O2. The number of fused-ring (bicyclic) bond motifs is 1. The van der Waals surface area contributed by atoms with Crippen molar-refractivity contribution in [3.05, 3.63) is 71.4 Å². The molecule has 0 spiro atoms. The van der Waals surface area contributed by atoms with Gasteiger partial charge in [-0.15, -0.1) is 0 Å². The zero-order valence-electron chi connectivity index (χ0n) is 13.2. The van der Waals surface area contributed by atoms with Gasteiger partial charge in [-0.05, 0) is 35.4 Å². The zero-order valence-corrected chi connectivity index (χ0v) is 13.2. The van der Waals surface area contributed by atoms with E-state index in [1.54, 1.807) is 19.1 Å². The van der Waals surface area contributed by atoms with Crippen LogP contribution in [0.4, 0.5) is 5.82 Å². The fourth-order valence-corrected chi connectivity index (χ4v) is 2.62. The third-order valence-electron chi connectivity index (χ3n) is 3.83. The number of benzene rings is 2. The van der Waals surface area contributed by atoms with Crippen molar-refractivity contribution in [3.8, 4) is 0 Å². The molecule has 3 aromatic rings. The van der Waals surface area contributed by atoms with Crippen LogP contribution in [-0.4, -0.2) is 18.1 Å². The van der Waals surface area contributed by atoms with Gasteiger partial charge < -0.3 is 10.1 Å². The van der Waals surface area contributed by atoms with E-state index in [-0.39, 0.29) is 5.97 Å². The van der Waals surface area contributed by atoms with Gasteiger partial charge in [0, 0.05) is 6.54 Å². The number of aromatic nitrogens is 1. The minimum atomic E-state index is -0.365. The van der Waals surface area contributed by atoms with Crippen LogP contribution < -0.4 is 5.32 Å². The Kier molecular flexibility index (Phi) is 4.24. The number of esters is 1. The van der Waals surface area contributed by atoms with E-state index < -0.39 is 0 Å². The quantitative estimate of drug-likeness (QED) is 0.742. The van der Waals surface area contributed by atoms with Gasteiger partial charge in [-0.25, -0.2) is 9.78 Å². The number of aryl methyl sites for hydroxylation is 1. The summed E-state index contributed by atoms with van der Waals surface area (Å²) in [5, 5.41) is 5.76. The summed E-state index contributed by atoms with van der Waals surface area (Å²) in [6.45, 7) is 2.47. The summed E-state index contributed by atoms with van der Waals surface area (Å²) >= 11 is 0.